The Balaban J connectivity index is 2.04. The molecule has 0 bridgehead atoms. The Morgan fingerprint density at radius 2 is 1.81 bits per heavy atom. The van der Waals surface area contributed by atoms with E-state index < -0.39 is 17.4 Å². The second-order valence-corrected chi connectivity index (χ2v) is 8.59. The summed E-state index contributed by atoms with van der Waals surface area (Å²) < 4.78 is 5.40. The summed E-state index contributed by atoms with van der Waals surface area (Å²) in [5.41, 5.74) is -0.494. The van der Waals surface area contributed by atoms with Gasteiger partial charge in [-0.2, -0.15) is 0 Å². The summed E-state index contributed by atoms with van der Waals surface area (Å²) in [6, 6.07) is 10.1. The van der Waals surface area contributed by atoms with Gasteiger partial charge >= 0.3 is 6.09 Å². The third-order valence-corrected chi connectivity index (χ3v) is 4.96. The van der Waals surface area contributed by atoms with Gasteiger partial charge in [-0.25, -0.2) is 4.79 Å². The van der Waals surface area contributed by atoms with Crippen LogP contribution in [0.4, 0.5) is 4.79 Å². The molecule has 1 amide bonds. The molecule has 0 spiro atoms. The van der Waals surface area contributed by atoms with E-state index in [9.17, 15) is 9.59 Å². The van der Waals surface area contributed by atoms with Crippen LogP contribution in [0.25, 0.3) is 0 Å². The highest BCUT2D eigenvalue weighted by Gasteiger charge is 2.36. The van der Waals surface area contributed by atoms with Gasteiger partial charge in [0.1, 0.15) is 5.60 Å². The first-order valence-electron chi connectivity index (χ1n) is 10.1. The molecule has 150 valence electrons. The maximum Gasteiger partial charge on any atom is 0.409 e. The van der Waals surface area contributed by atoms with Crippen LogP contribution in [-0.2, 0) is 16.0 Å². The first kappa shape index (κ1) is 21.4. The normalized spacial score (nSPS) is 17.7. The van der Waals surface area contributed by atoms with E-state index in [0.717, 1.165) is 25.5 Å². The van der Waals surface area contributed by atoms with Gasteiger partial charge < -0.3 is 4.74 Å². The van der Waals surface area contributed by atoms with Crippen molar-refractivity contribution in [2.45, 2.75) is 77.0 Å². The Labute approximate surface area is 163 Å². The minimum atomic E-state index is -1.08. The number of amides is 1. The monoisotopic (exact) mass is 374 g/mol. The van der Waals surface area contributed by atoms with Crippen molar-refractivity contribution in [2.75, 3.05) is 6.54 Å². The van der Waals surface area contributed by atoms with Gasteiger partial charge in [0.15, 0.2) is 11.9 Å². The van der Waals surface area contributed by atoms with E-state index in [1.54, 1.807) is 0 Å². The van der Waals surface area contributed by atoms with Crippen molar-refractivity contribution >= 4 is 12.4 Å². The maximum absolute atomic E-state index is 12.4. The lowest BCUT2D eigenvalue weighted by molar-refractivity contribution is -0.115. The van der Waals surface area contributed by atoms with Crippen LogP contribution in [0.1, 0.15) is 64.9 Å². The van der Waals surface area contributed by atoms with Crippen molar-refractivity contribution in [1.29, 1.82) is 0 Å². The van der Waals surface area contributed by atoms with Crippen molar-refractivity contribution in [3.8, 4) is 0 Å². The number of hydrogen-bond acceptors (Lipinski definition) is 4. The van der Waals surface area contributed by atoms with E-state index in [4.69, 9.17) is 4.74 Å². The van der Waals surface area contributed by atoms with Gasteiger partial charge in [0.2, 0.25) is 0 Å². The second-order valence-electron chi connectivity index (χ2n) is 8.59. The fraction of sp³-hybridized carbons (Fsp3) is 0.636. The SMILES string of the molecule is CC(C)(C)OC(=O)N[C@](C=O)(CC1CCCCC1)NCCc1ccccc1. The molecule has 5 heteroatoms. The zero-order valence-corrected chi connectivity index (χ0v) is 16.9. The number of alkyl carbamates (subject to hydrolysis) is 1. The van der Waals surface area contributed by atoms with Crippen LogP contribution in [0.15, 0.2) is 30.3 Å². The number of rotatable bonds is 8. The summed E-state index contributed by atoms with van der Waals surface area (Å²) >= 11 is 0. The number of ether oxygens (including phenoxy) is 1. The minimum absolute atomic E-state index is 0.433. The summed E-state index contributed by atoms with van der Waals surface area (Å²) in [6.45, 7) is 6.06. The quantitative estimate of drug-likeness (QED) is 0.528. The highest BCUT2D eigenvalue weighted by molar-refractivity contribution is 5.76. The van der Waals surface area contributed by atoms with E-state index in [-0.39, 0.29) is 0 Å². The summed E-state index contributed by atoms with van der Waals surface area (Å²) in [7, 11) is 0. The molecule has 1 aromatic rings. The van der Waals surface area contributed by atoms with Crippen LogP contribution >= 0.6 is 0 Å². The van der Waals surface area contributed by atoms with Gasteiger partial charge in [0.25, 0.3) is 0 Å². The molecular weight excluding hydrogens is 340 g/mol. The number of nitrogens with one attached hydrogen (secondary N) is 2. The highest BCUT2D eigenvalue weighted by Crippen LogP contribution is 2.29. The predicted molar refractivity (Wildman–Crippen MR) is 108 cm³/mol. The molecular formula is C22H34N2O3. The fourth-order valence-corrected chi connectivity index (χ4v) is 3.69. The number of hydrogen-bond donors (Lipinski definition) is 2. The average Bonchev–Trinajstić information content (AvgIpc) is 2.61. The molecule has 1 aromatic carbocycles. The van der Waals surface area contributed by atoms with Gasteiger partial charge in [-0.15, -0.1) is 0 Å². The highest BCUT2D eigenvalue weighted by atomic mass is 16.6. The molecule has 1 aliphatic rings. The standard InChI is InChI=1S/C22H34N2O3/c1-21(2,3)27-20(26)24-22(17-25,16-19-12-8-5-9-13-19)23-15-14-18-10-6-4-7-11-18/h4,6-7,10-11,17,19,23H,5,8-9,12-16H2,1-3H3,(H,24,26)/t22-/m0/s1. The number of carbonyl (C=O) groups excluding carboxylic acids is 2. The maximum atomic E-state index is 12.4. The van der Waals surface area contributed by atoms with Gasteiger partial charge in [0, 0.05) is 6.54 Å². The molecule has 27 heavy (non-hydrogen) atoms. The largest absolute Gasteiger partial charge is 0.444 e. The van der Waals surface area contributed by atoms with E-state index >= 15 is 0 Å². The first-order valence-corrected chi connectivity index (χ1v) is 10.1. The molecule has 2 rings (SSSR count). The van der Waals surface area contributed by atoms with E-state index in [0.29, 0.717) is 18.9 Å². The summed E-state index contributed by atoms with van der Waals surface area (Å²) in [4.78, 5) is 24.5. The molecule has 1 atom stereocenters. The van der Waals surface area contributed by atoms with E-state index in [1.807, 2.05) is 39.0 Å². The molecule has 0 saturated heterocycles. The smallest absolute Gasteiger partial charge is 0.409 e. The van der Waals surface area contributed by atoms with Gasteiger partial charge in [-0.3, -0.25) is 15.4 Å². The Morgan fingerprint density at radius 3 is 2.41 bits per heavy atom. The van der Waals surface area contributed by atoms with Crippen LogP contribution in [0.2, 0.25) is 0 Å². The summed E-state index contributed by atoms with van der Waals surface area (Å²) in [5, 5.41) is 6.15. The van der Waals surface area contributed by atoms with Crippen LogP contribution in [0, 0.1) is 5.92 Å². The van der Waals surface area contributed by atoms with Crippen molar-refractivity contribution < 1.29 is 14.3 Å². The molecule has 1 saturated carbocycles. The Bertz CT molecular complexity index is 591. The molecule has 0 aliphatic heterocycles. The number of aldehydes is 1. The van der Waals surface area contributed by atoms with E-state index in [2.05, 4.69) is 22.8 Å². The lowest BCUT2D eigenvalue weighted by Gasteiger charge is -2.35. The third-order valence-electron chi connectivity index (χ3n) is 4.96. The number of carbonyl (C=O) groups is 2. The molecule has 0 unspecified atom stereocenters. The Kier molecular flexibility index (Phi) is 7.84. The molecule has 5 nitrogen and oxygen atoms in total. The summed E-state index contributed by atoms with van der Waals surface area (Å²) in [5.74, 6) is 0.433. The van der Waals surface area contributed by atoms with Crippen molar-refractivity contribution in [1.82, 2.24) is 10.6 Å². The van der Waals surface area contributed by atoms with Gasteiger partial charge in [-0.05, 0) is 45.1 Å². The first-order chi connectivity index (χ1) is 12.8. The lowest BCUT2D eigenvalue weighted by atomic mass is 9.83. The summed E-state index contributed by atoms with van der Waals surface area (Å²) in [6.07, 6.45) is 7.52. The fourth-order valence-electron chi connectivity index (χ4n) is 3.69. The minimum Gasteiger partial charge on any atom is -0.444 e. The van der Waals surface area contributed by atoms with Crippen LogP contribution in [-0.4, -0.2) is 30.2 Å². The molecule has 1 fully saturated rings. The predicted octanol–water partition coefficient (Wildman–Crippen LogP) is 4.21. The van der Waals surface area contributed by atoms with Crippen LogP contribution in [0.5, 0.6) is 0 Å². The van der Waals surface area contributed by atoms with Crippen LogP contribution < -0.4 is 10.6 Å². The molecule has 0 radical (unpaired) electrons. The van der Waals surface area contributed by atoms with E-state index in [1.165, 1.54) is 24.8 Å². The van der Waals surface area contributed by atoms with Crippen LogP contribution in [0.3, 0.4) is 0 Å². The Hall–Kier alpha value is -1.88. The molecule has 1 aliphatic carbocycles. The van der Waals surface area contributed by atoms with Gasteiger partial charge in [-0.1, -0.05) is 62.4 Å². The molecule has 2 N–H and O–H groups in total. The van der Waals surface area contributed by atoms with Crippen molar-refractivity contribution in [3.05, 3.63) is 35.9 Å². The van der Waals surface area contributed by atoms with Crippen molar-refractivity contribution in [3.63, 3.8) is 0 Å². The molecule has 0 heterocycles. The average molecular weight is 375 g/mol. The second kappa shape index (κ2) is 9.88. The van der Waals surface area contributed by atoms with Crippen molar-refractivity contribution in [2.24, 2.45) is 5.92 Å². The Morgan fingerprint density at radius 1 is 1.15 bits per heavy atom. The lowest BCUT2D eigenvalue weighted by Crippen LogP contribution is -2.62. The molecule has 0 aromatic heterocycles. The third kappa shape index (κ3) is 7.71. The number of benzene rings is 1. The topological polar surface area (TPSA) is 67.4 Å². The zero-order chi connectivity index (χ0) is 19.8. The zero-order valence-electron chi connectivity index (χ0n) is 16.9. The van der Waals surface area contributed by atoms with Gasteiger partial charge in [0.05, 0.1) is 0 Å².